The first-order chi connectivity index (χ1) is 15.4. The molecule has 1 aliphatic heterocycles. The number of carbonyl (C=O) groups excluding carboxylic acids is 1. The molecule has 0 N–H and O–H groups in total. The quantitative estimate of drug-likeness (QED) is 0.545. The Bertz CT molecular complexity index is 1070. The predicted molar refractivity (Wildman–Crippen MR) is 124 cm³/mol. The monoisotopic (exact) mass is 452 g/mol. The average molecular weight is 453 g/mol. The summed E-state index contributed by atoms with van der Waals surface area (Å²) in [5, 5.41) is 9.09. The molecule has 8 heteroatoms. The van der Waals surface area contributed by atoms with Crippen LogP contribution in [0.2, 0.25) is 0 Å². The Morgan fingerprint density at radius 3 is 2.41 bits per heavy atom. The van der Waals surface area contributed by atoms with E-state index in [1.54, 1.807) is 29.2 Å². The second-order valence-electron chi connectivity index (χ2n) is 7.79. The Hall–Kier alpha value is -2.99. The van der Waals surface area contributed by atoms with Crippen LogP contribution in [-0.2, 0) is 27.1 Å². The van der Waals surface area contributed by atoms with Gasteiger partial charge in [-0.2, -0.15) is 9.57 Å². The number of nitriles is 1. The maximum atomic E-state index is 12.9. The van der Waals surface area contributed by atoms with Crippen molar-refractivity contribution in [2.75, 3.05) is 39.3 Å². The molecule has 1 saturated heterocycles. The lowest BCUT2D eigenvalue weighted by Gasteiger charge is -2.35. The first kappa shape index (κ1) is 23.7. The minimum absolute atomic E-state index is 0.0311. The van der Waals surface area contributed by atoms with Crippen molar-refractivity contribution in [1.29, 1.82) is 5.26 Å². The van der Waals surface area contributed by atoms with E-state index in [9.17, 15) is 13.2 Å². The Morgan fingerprint density at radius 2 is 1.75 bits per heavy atom. The fourth-order valence-corrected chi connectivity index (χ4v) is 5.26. The summed E-state index contributed by atoms with van der Waals surface area (Å²) in [5.41, 5.74) is 2.29. The summed E-state index contributed by atoms with van der Waals surface area (Å²) >= 11 is 0. The largest absolute Gasteiger partial charge is 0.339 e. The summed E-state index contributed by atoms with van der Waals surface area (Å²) in [5.74, 6) is -0.0696. The molecular formula is C24H28N4O3S. The van der Waals surface area contributed by atoms with Crippen LogP contribution in [0.5, 0.6) is 0 Å². The normalized spacial score (nSPS) is 14.8. The molecule has 3 rings (SSSR count). The van der Waals surface area contributed by atoms with Crippen molar-refractivity contribution in [2.45, 2.75) is 12.3 Å². The molecular weight excluding hydrogens is 424 g/mol. The third kappa shape index (κ3) is 6.50. The summed E-state index contributed by atoms with van der Waals surface area (Å²) in [6, 6.07) is 18.6. The van der Waals surface area contributed by atoms with Gasteiger partial charge in [0.05, 0.1) is 23.9 Å². The minimum atomic E-state index is -3.42. The number of benzene rings is 2. The fraction of sp³-hybridized carbons (Fsp3) is 0.333. The van der Waals surface area contributed by atoms with Crippen LogP contribution in [0.3, 0.4) is 0 Å². The molecule has 0 atom stereocenters. The maximum absolute atomic E-state index is 12.9. The van der Waals surface area contributed by atoms with Gasteiger partial charge in [-0.15, -0.1) is 6.58 Å². The molecule has 7 nitrogen and oxygen atoms in total. The number of nitrogens with zero attached hydrogens (tertiary/aromatic N) is 4. The highest BCUT2D eigenvalue weighted by Gasteiger charge is 2.29. The molecule has 0 spiro atoms. The number of rotatable bonds is 9. The second kappa shape index (κ2) is 11.0. The summed E-state index contributed by atoms with van der Waals surface area (Å²) in [7, 11) is -3.42. The Labute approximate surface area is 190 Å². The fourth-order valence-electron chi connectivity index (χ4n) is 3.75. The van der Waals surface area contributed by atoms with E-state index in [-0.39, 0.29) is 18.2 Å². The first-order valence-electron chi connectivity index (χ1n) is 10.5. The molecule has 1 amide bonds. The molecule has 1 fully saturated rings. The van der Waals surface area contributed by atoms with Crippen LogP contribution in [0.4, 0.5) is 0 Å². The van der Waals surface area contributed by atoms with Crippen LogP contribution in [0, 0.1) is 11.3 Å². The van der Waals surface area contributed by atoms with Crippen LogP contribution >= 0.6 is 0 Å². The molecule has 0 unspecified atom stereocenters. The zero-order chi connectivity index (χ0) is 23.0. The molecule has 0 aliphatic carbocycles. The first-order valence-corrected chi connectivity index (χ1v) is 12.1. The van der Waals surface area contributed by atoms with Gasteiger partial charge in [-0.1, -0.05) is 48.5 Å². The molecule has 32 heavy (non-hydrogen) atoms. The van der Waals surface area contributed by atoms with Crippen molar-refractivity contribution in [2.24, 2.45) is 0 Å². The minimum Gasteiger partial charge on any atom is -0.339 e. The zero-order valence-electron chi connectivity index (χ0n) is 18.1. The lowest BCUT2D eigenvalue weighted by Crippen LogP contribution is -2.52. The third-order valence-electron chi connectivity index (χ3n) is 5.39. The van der Waals surface area contributed by atoms with E-state index in [4.69, 9.17) is 5.26 Å². The number of carbonyl (C=O) groups is 1. The lowest BCUT2D eigenvalue weighted by molar-refractivity contribution is -0.133. The van der Waals surface area contributed by atoms with E-state index < -0.39 is 10.0 Å². The van der Waals surface area contributed by atoms with Gasteiger partial charge < -0.3 is 4.90 Å². The molecule has 0 aromatic heterocycles. The van der Waals surface area contributed by atoms with E-state index in [0.717, 1.165) is 11.1 Å². The number of amides is 1. The molecule has 1 aliphatic rings. The number of piperazine rings is 1. The van der Waals surface area contributed by atoms with Gasteiger partial charge in [0.15, 0.2) is 0 Å². The average Bonchev–Trinajstić information content (AvgIpc) is 2.80. The molecule has 0 radical (unpaired) electrons. The zero-order valence-corrected chi connectivity index (χ0v) is 18.9. The maximum Gasteiger partial charge on any atom is 0.236 e. The summed E-state index contributed by atoms with van der Waals surface area (Å²) < 4.78 is 26.9. The highest BCUT2D eigenvalue weighted by Crippen LogP contribution is 2.14. The van der Waals surface area contributed by atoms with Crippen molar-refractivity contribution in [1.82, 2.24) is 14.1 Å². The van der Waals surface area contributed by atoms with Gasteiger partial charge >= 0.3 is 0 Å². The Balaban J connectivity index is 1.55. The molecule has 168 valence electrons. The van der Waals surface area contributed by atoms with E-state index in [2.05, 4.69) is 12.6 Å². The number of hydrogen-bond acceptors (Lipinski definition) is 5. The van der Waals surface area contributed by atoms with Gasteiger partial charge in [-0.25, -0.2) is 8.42 Å². The SMILES string of the molecule is C=CCN(CC(=O)N1CCN(S(=O)(=O)Cc2ccccc2)CC1)Cc1cccc(C#N)c1. The van der Waals surface area contributed by atoms with Crippen molar-refractivity contribution in [3.05, 3.63) is 83.9 Å². The highest BCUT2D eigenvalue weighted by molar-refractivity contribution is 7.88. The molecule has 0 bridgehead atoms. The van der Waals surface area contributed by atoms with E-state index in [1.165, 1.54) is 4.31 Å². The molecule has 2 aromatic rings. The van der Waals surface area contributed by atoms with Gasteiger partial charge in [0, 0.05) is 39.3 Å². The summed E-state index contributed by atoms with van der Waals surface area (Å²) in [4.78, 5) is 16.6. The van der Waals surface area contributed by atoms with Crippen molar-refractivity contribution < 1.29 is 13.2 Å². The highest BCUT2D eigenvalue weighted by atomic mass is 32.2. The molecule has 0 saturated carbocycles. The standard InChI is InChI=1S/C24H28N4O3S/c1-2-11-26(18-23-10-6-9-22(16-23)17-25)19-24(29)27-12-14-28(15-13-27)32(30,31)20-21-7-4-3-5-8-21/h2-10,16H,1,11-15,18-20H2. The van der Waals surface area contributed by atoms with Gasteiger partial charge in [-0.3, -0.25) is 9.69 Å². The Morgan fingerprint density at radius 1 is 1.06 bits per heavy atom. The Kier molecular flexibility index (Phi) is 8.17. The number of sulfonamides is 1. The van der Waals surface area contributed by atoms with Gasteiger partial charge in [-0.05, 0) is 23.3 Å². The van der Waals surface area contributed by atoms with Crippen LogP contribution < -0.4 is 0 Å². The van der Waals surface area contributed by atoms with Crippen LogP contribution in [0.25, 0.3) is 0 Å². The summed E-state index contributed by atoms with van der Waals surface area (Å²) in [6.07, 6.45) is 1.75. The molecule has 2 aromatic carbocycles. The van der Waals surface area contributed by atoms with E-state index in [1.807, 2.05) is 41.3 Å². The van der Waals surface area contributed by atoms with Gasteiger partial charge in [0.2, 0.25) is 15.9 Å². The van der Waals surface area contributed by atoms with Crippen LogP contribution in [-0.4, -0.2) is 67.7 Å². The smallest absolute Gasteiger partial charge is 0.236 e. The van der Waals surface area contributed by atoms with Gasteiger partial charge in [0.25, 0.3) is 0 Å². The van der Waals surface area contributed by atoms with Crippen LogP contribution in [0.1, 0.15) is 16.7 Å². The second-order valence-corrected chi connectivity index (χ2v) is 9.76. The van der Waals surface area contributed by atoms with E-state index >= 15 is 0 Å². The van der Waals surface area contributed by atoms with Crippen molar-refractivity contribution >= 4 is 15.9 Å². The summed E-state index contributed by atoms with van der Waals surface area (Å²) in [6.45, 7) is 6.39. The number of hydrogen-bond donors (Lipinski definition) is 0. The third-order valence-corrected chi connectivity index (χ3v) is 7.24. The van der Waals surface area contributed by atoms with Crippen LogP contribution in [0.15, 0.2) is 67.3 Å². The van der Waals surface area contributed by atoms with Crippen molar-refractivity contribution in [3.8, 4) is 6.07 Å². The van der Waals surface area contributed by atoms with Gasteiger partial charge in [0.1, 0.15) is 0 Å². The predicted octanol–water partition coefficient (Wildman–Crippen LogP) is 2.22. The molecule has 1 heterocycles. The van der Waals surface area contributed by atoms with E-state index in [0.29, 0.717) is 44.8 Å². The topological polar surface area (TPSA) is 84.7 Å². The lowest BCUT2D eigenvalue weighted by atomic mass is 10.1. The van der Waals surface area contributed by atoms with Crippen molar-refractivity contribution in [3.63, 3.8) is 0 Å².